The molecule has 1 unspecified atom stereocenters. The third-order valence-electron chi connectivity index (χ3n) is 5.12. The van der Waals surface area contributed by atoms with Gasteiger partial charge in [-0.05, 0) is 42.2 Å². The predicted molar refractivity (Wildman–Crippen MR) is 105 cm³/mol. The largest absolute Gasteiger partial charge is 0.417 e. The van der Waals surface area contributed by atoms with Gasteiger partial charge in [0.1, 0.15) is 0 Å². The summed E-state index contributed by atoms with van der Waals surface area (Å²) in [5.41, 5.74) is 4.05. The summed E-state index contributed by atoms with van der Waals surface area (Å²) in [5, 5.41) is 13.1. The minimum atomic E-state index is -0.545. The normalized spacial score (nSPS) is 15.3. The Balaban J connectivity index is 1.25. The van der Waals surface area contributed by atoms with Gasteiger partial charge < -0.3 is 14.8 Å². The fourth-order valence-electron chi connectivity index (χ4n) is 3.65. The summed E-state index contributed by atoms with van der Waals surface area (Å²) in [4.78, 5) is 28.3. The summed E-state index contributed by atoms with van der Waals surface area (Å²) < 4.78 is 4.93. The molecule has 1 aromatic heterocycles. The van der Waals surface area contributed by atoms with Crippen LogP contribution in [0, 0.1) is 0 Å². The number of H-pyrrole nitrogens is 1. The van der Waals surface area contributed by atoms with Gasteiger partial charge in [0.05, 0.1) is 11.6 Å². The van der Waals surface area contributed by atoms with Crippen LogP contribution in [0.2, 0.25) is 0 Å². The molecule has 7 heteroatoms. The van der Waals surface area contributed by atoms with Crippen molar-refractivity contribution >= 4 is 17.0 Å². The molecule has 0 radical (unpaired) electrons. The van der Waals surface area contributed by atoms with Gasteiger partial charge >= 0.3 is 5.76 Å². The monoisotopic (exact) mass is 381 g/mol. The van der Waals surface area contributed by atoms with E-state index in [9.17, 15) is 14.7 Å². The zero-order valence-corrected chi connectivity index (χ0v) is 15.5. The Labute approximate surface area is 162 Å². The van der Waals surface area contributed by atoms with Crippen LogP contribution in [0.15, 0.2) is 51.7 Å². The summed E-state index contributed by atoms with van der Waals surface area (Å²) in [7, 11) is 0. The summed E-state index contributed by atoms with van der Waals surface area (Å²) in [6.45, 7) is 2.75. The number of carbonyl (C=O) groups excluding carboxylic acids is 1. The number of hydrogen-bond donors (Lipinski definition) is 3. The van der Waals surface area contributed by atoms with Crippen molar-refractivity contribution in [2.45, 2.75) is 25.5 Å². The van der Waals surface area contributed by atoms with Crippen LogP contribution in [0.3, 0.4) is 0 Å². The van der Waals surface area contributed by atoms with Gasteiger partial charge in [-0.2, -0.15) is 0 Å². The molecule has 0 spiro atoms. The molecule has 4 rings (SSSR count). The van der Waals surface area contributed by atoms with Crippen molar-refractivity contribution in [2.24, 2.45) is 0 Å². The molecule has 7 nitrogen and oxygen atoms in total. The number of aliphatic hydroxyl groups is 1. The number of benzene rings is 2. The van der Waals surface area contributed by atoms with Gasteiger partial charge in [0.15, 0.2) is 5.58 Å². The molecular weight excluding hydrogens is 358 g/mol. The molecule has 0 fully saturated rings. The smallest absolute Gasteiger partial charge is 0.408 e. The number of carbonyl (C=O) groups is 1. The van der Waals surface area contributed by atoms with E-state index in [-0.39, 0.29) is 5.91 Å². The Morgan fingerprint density at radius 1 is 1.25 bits per heavy atom. The van der Waals surface area contributed by atoms with E-state index >= 15 is 0 Å². The van der Waals surface area contributed by atoms with Gasteiger partial charge in [-0.1, -0.05) is 24.3 Å². The van der Waals surface area contributed by atoms with E-state index in [2.05, 4.69) is 33.4 Å². The zero-order valence-electron chi connectivity index (χ0n) is 15.5. The topological polar surface area (TPSA) is 98.6 Å². The molecule has 0 saturated carbocycles. The Morgan fingerprint density at radius 3 is 2.93 bits per heavy atom. The third kappa shape index (κ3) is 4.16. The number of fused-ring (bicyclic) bond motifs is 2. The number of aromatic amines is 1. The first-order valence-electron chi connectivity index (χ1n) is 9.47. The van der Waals surface area contributed by atoms with E-state index in [1.165, 1.54) is 11.1 Å². The molecule has 1 atom stereocenters. The highest BCUT2D eigenvalue weighted by molar-refractivity contribution is 5.97. The maximum absolute atomic E-state index is 12.3. The maximum atomic E-state index is 12.3. The highest BCUT2D eigenvalue weighted by Crippen LogP contribution is 2.18. The third-order valence-corrected chi connectivity index (χ3v) is 5.12. The number of oxazole rings is 1. The highest BCUT2D eigenvalue weighted by atomic mass is 16.4. The molecule has 3 N–H and O–H groups in total. The molecule has 28 heavy (non-hydrogen) atoms. The summed E-state index contributed by atoms with van der Waals surface area (Å²) >= 11 is 0. The molecule has 3 aromatic rings. The van der Waals surface area contributed by atoms with E-state index < -0.39 is 11.9 Å². The van der Waals surface area contributed by atoms with Crippen LogP contribution in [0.25, 0.3) is 11.1 Å². The molecule has 0 saturated heterocycles. The van der Waals surface area contributed by atoms with Crippen molar-refractivity contribution in [3.05, 3.63) is 69.7 Å². The zero-order chi connectivity index (χ0) is 19.5. The van der Waals surface area contributed by atoms with Crippen molar-refractivity contribution < 1.29 is 14.3 Å². The maximum Gasteiger partial charge on any atom is 0.417 e. The number of rotatable bonds is 6. The molecular formula is C21H23N3O4. The van der Waals surface area contributed by atoms with Gasteiger partial charge in [-0.15, -0.1) is 0 Å². The van der Waals surface area contributed by atoms with Crippen LogP contribution in [0.1, 0.15) is 27.9 Å². The number of hydrogen-bond acceptors (Lipinski definition) is 5. The van der Waals surface area contributed by atoms with Crippen LogP contribution in [0.4, 0.5) is 0 Å². The number of β-amino-alcohol motifs (C(OH)–C–C–N with tert-alkyl or cyclic N) is 1. The fraction of sp³-hybridized carbons (Fsp3) is 0.333. The van der Waals surface area contributed by atoms with Crippen LogP contribution in [-0.2, 0) is 13.0 Å². The lowest BCUT2D eigenvalue weighted by atomic mass is 9.99. The highest BCUT2D eigenvalue weighted by Gasteiger charge is 2.18. The minimum absolute atomic E-state index is 0.247. The summed E-state index contributed by atoms with van der Waals surface area (Å²) in [5.74, 6) is -0.793. The van der Waals surface area contributed by atoms with Crippen LogP contribution >= 0.6 is 0 Å². The van der Waals surface area contributed by atoms with Gasteiger partial charge in [-0.3, -0.25) is 14.7 Å². The Hall–Kier alpha value is -2.90. The second-order valence-corrected chi connectivity index (χ2v) is 7.18. The van der Waals surface area contributed by atoms with E-state index in [4.69, 9.17) is 4.42 Å². The summed E-state index contributed by atoms with van der Waals surface area (Å²) in [6.07, 6.45) is 0.977. The molecule has 2 aromatic carbocycles. The second kappa shape index (κ2) is 8.00. The predicted octanol–water partition coefficient (Wildman–Crippen LogP) is 1.66. The molecule has 1 amide bonds. The average molecular weight is 381 g/mol. The average Bonchev–Trinajstić information content (AvgIpc) is 3.07. The van der Waals surface area contributed by atoms with Crippen molar-refractivity contribution in [3.63, 3.8) is 0 Å². The number of amides is 1. The second-order valence-electron chi connectivity index (χ2n) is 7.18. The quantitative estimate of drug-likeness (QED) is 0.603. The van der Waals surface area contributed by atoms with E-state index in [1.807, 2.05) is 6.07 Å². The molecule has 1 aliphatic heterocycles. The lowest BCUT2D eigenvalue weighted by Gasteiger charge is -2.30. The first-order chi connectivity index (χ1) is 13.6. The van der Waals surface area contributed by atoms with Crippen molar-refractivity contribution in [2.75, 3.05) is 19.6 Å². The van der Waals surface area contributed by atoms with Crippen molar-refractivity contribution in [3.8, 4) is 0 Å². The van der Waals surface area contributed by atoms with E-state index in [0.29, 0.717) is 36.2 Å². The van der Waals surface area contributed by atoms with Crippen LogP contribution in [-0.4, -0.2) is 46.6 Å². The van der Waals surface area contributed by atoms with E-state index in [1.54, 1.807) is 18.2 Å². The molecule has 1 aliphatic rings. The summed E-state index contributed by atoms with van der Waals surface area (Å²) in [6, 6.07) is 13.2. The SMILES string of the molecule is O=C(NCCC(O)CN1CCc2ccccc2C1)c1ccc2oc(=O)[nH]c2c1. The van der Waals surface area contributed by atoms with Crippen molar-refractivity contribution in [1.82, 2.24) is 15.2 Å². The van der Waals surface area contributed by atoms with Gasteiger partial charge in [-0.25, -0.2) is 4.79 Å². The Morgan fingerprint density at radius 2 is 2.07 bits per heavy atom. The lowest BCUT2D eigenvalue weighted by molar-refractivity contribution is 0.0892. The minimum Gasteiger partial charge on any atom is -0.408 e. The van der Waals surface area contributed by atoms with Crippen LogP contribution < -0.4 is 11.1 Å². The number of nitrogens with zero attached hydrogens (tertiary/aromatic N) is 1. The Kier molecular flexibility index (Phi) is 5.27. The number of aliphatic hydroxyl groups excluding tert-OH is 1. The number of aromatic nitrogens is 1. The standard InChI is InChI=1S/C21H23N3O4/c25-17(13-24-10-8-14-3-1-2-4-16(14)12-24)7-9-22-20(26)15-5-6-19-18(11-15)23-21(27)28-19/h1-6,11,17,25H,7-10,12-13H2,(H,22,26)(H,23,27). The first kappa shape index (κ1) is 18.5. The van der Waals surface area contributed by atoms with E-state index in [0.717, 1.165) is 19.5 Å². The van der Waals surface area contributed by atoms with Crippen molar-refractivity contribution in [1.29, 1.82) is 0 Å². The number of nitrogens with one attached hydrogen (secondary N) is 2. The van der Waals surface area contributed by atoms with Crippen LogP contribution in [0.5, 0.6) is 0 Å². The van der Waals surface area contributed by atoms with Gasteiger partial charge in [0, 0.05) is 31.7 Å². The fourth-order valence-corrected chi connectivity index (χ4v) is 3.65. The molecule has 2 heterocycles. The van der Waals surface area contributed by atoms with Gasteiger partial charge in [0.25, 0.3) is 5.91 Å². The Bertz CT molecular complexity index is 1040. The van der Waals surface area contributed by atoms with Gasteiger partial charge in [0.2, 0.25) is 0 Å². The molecule has 0 bridgehead atoms. The molecule has 146 valence electrons. The molecule has 0 aliphatic carbocycles. The first-order valence-corrected chi connectivity index (χ1v) is 9.47. The lowest BCUT2D eigenvalue weighted by Crippen LogP contribution is -2.38.